The van der Waals surface area contributed by atoms with Gasteiger partial charge in [-0.05, 0) is 63.0 Å². The predicted octanol–water partition coefficient (Wildman–Crippen LogP) is 3.63. The van der Waals surface area contributed by atoms with E-state index in [1.807, 2.05) is 0 Å². The van der Waals surface area contributed by atoms with Crippen molar-refractivity contribution in [3.63, 3.8) is 0 Å². The Hall–Kier alpha value is -2.59. The van der Waals surface area contributed by atoms with Crippen molar-refractivity contribution in [2.24, 2.45) is 11.8 Å². The Balaban J connectivity index is 1.19. The first-order chi connectivity index (χ1) is 16.9. The van der Waals surface area contributed by atoms with Gasteiger partial charge in [0.25, 0.3) is 0 Å². The van der Waals surface area contributed by atoms with Gasteiger partial charge in [0.05, 0.1) is 19.7 Å². The molecule has 0 bridgehead atoms. The highest BCUT2D eigenvalue weighted by Gasteiger charge is 2.47. The van der Waals surface area contributed by atoms with Gasteiger partial charge in [-0.1, -0.05) is 18.9 Å². The Kier molecular flexibility index (Phi) is 6.76. The first-order valence-corrected chi connectivity index (χ1v) is 13.4. The molecular weight excluding hydrogens is 440 g/mol. The molecule has 188 valence electrons. The molecule has 4 fully saturated rings. The summed E-state index contributed by atoms with van der Waals surface area (Å²) in [6, 6.07) is 9.08. The van der Waals surface area contributed by atoms with E-state index in [2.05, 4.69) is 46.3 Å². The number of nitriles is 1. The van der Waals surface area contributed by atoms with Gasteiger partial charge >= 0.3 is 0 Å². The molecule has 4 aliphatic rings. The van der Waals surface area contributed by atoms with E-state index in [0.717, 1.165) is 63.9 Å². The van der Waals surface area contributed by atoms with Crippen LogP contribution in [0.2, 0.25) is 0 Å². The largest absolute Gasteiger partial charge is 0.496 e. The van der Waals surface area contributed by atoms with Crippen molar-refractivity contribution >= 4 is 17.4 Å². The van der Waals surface area contributed by atoms with Crippen LogP contribution in [0.4, 0.5) is 5.69 Å². The smallest absolute Gasteiger partial charge is 0.225 e. The third kappa shape index (κ3) is 5.18. The van der Waals surface area contributed by atoms with Crippen LogP contribution in [-0.4, -0.2) is 61.5 Å². The Labute approximate surface area is 208 Å². The fourth-order valence-corrected chi connectivity index (χ4v) is 5.96. The molecule has 1 aliphatic heterocycles. The van der Waals surface area contributed by atoms with E-state index in [-0.39, 0.29) is 29.6 Å². The van der Waals surface area contributed by atoms with E-state index < -0.39 is 5.54 Å². The number of benzene rings is 1. The highest BCUT2D eigenvalue weighted by molar-refractivity contribution is 5.90. The number of hydrogen-bond acceptors (Lipinski definition) is 6. The second kappa shape index (κ2) is 9.81. The number of anilines is 1. The summed E-state index contributed by atoms with van der Waals surface area (Å²) in [5.74, 6) is 1.20. The van der Waals surface area contributed by atoms with E-state index in [9.17, 15) is 14.9 Å². The fraction of sp³-hybridized carbons (Fsp3) is 0.679. The molecule has 3 aliphatic carbocycles. The molecule has 1 aromatic carbocycles. The number of nitrogens with one attached hydrogen (secondary N) is 1. The van der Waals surface area contributed by atoms with Crippen molar-refractivity contribution in [2.75, 3.05) is 38.2 Å². The van der Waals surface area contributed by atoms with Crippen molar-refractivity contribution in [2.45, 2.75) is 75.8 Å². The van der Waals surface area contributed by atoms with Crippen LogP contribution >= 0.6 is 0 Å². The highest BCUT2D eigenvalue weighted by atomic mass is 16.5. The maximum Gasteiger partial charge on any atom is 0.225 e. The summed E-state index contributed by atoms with van der Waals surface area (Å²) in [7, 11) is 1.75. The molecule has 7 nitrogen and oxygen atoms in total. The number of rotatable bonds is 8. The van der Waals surface area contributed by atoms with Crippen LogP contribution in [0.15, 0.2) is 18.2 Å². The monoisotopic (exact) mass is 478 g/mol. The molecule has 1 aromatic rings. The summed E-state index contributed by atoms with van der Waals surface area (Å²) in [6.07, 6.45) is 7.42. The molecule has 0 aromatic heterocycles. The number of hydrogen-bond donors (Lipinski definition) is 1. The molecule has 1 heterocycles. The number of methoxy groups -OCH3 is 1. The number of amides is 1. The lowest BCUT2D eigenvalue weighted by Crippen LogP contribution is -2.54. The van der Waals surface area contributed by atoms with E-state index in [0.29, 0.717) is 12.5 Å². The minimum absolute atomic E-state index is 0.0939. The molecule has 1 amide bonds. The number of carbonyl (C=O) groups excluding carboxylic acids is 2. The van der Waals surface area contributed by atoms with Crippen LogP contribution in [0.3, 0.4) is 0 Å². The van der Waals surface area contributed by atoms with Crippen LogP contribution < -0.4 is 15.0 Å². The van der Waals surface area contributed by atoms with Crippen LogP contribution in [0.25, 0.3) is 0 Å². The van der Waals surface area contributed by atoms with Gasteiger partial charge < -0.3 is 15.0 Å². The molecule has 5 rings (SSSR count). The zero-order valence-electron chi connectivity index (χ0n) is 21.1. The quantitative estimate of drug-likeness (QED) is 0.614. The van der Waals surface area contributed by atoms with E-state index in [1.54, 1.807) is 7.11 Å². The normalized spacial score (nSPS) is 28.1. The van der Waals surface area contributed by atoms with Gasteiger partial charge in [0.2, 0.25) is 5.91 Å². The maximum atomic E-state index is 13.4. The summed E-state index contributed by atoms with van der Waals surface area (Å²) in [5, 5.41) is 12.3. The van der Waals surface area contributed by atoms with Crippen molar-refractivity contribution in [3.05, 3.63) is 23.8 Å². The van der Waals surface area contributed by atoms with Crippen molar-refractivity contribution < 1.29 is 14.3 Å². The Morgan fingerprint density at radius 3 is 2.51 bits per heavy atom. The average Bonchev–Trinajstić information content (AvgIpc) is 3.81. The van der Waals surface area contributed by atoms with E-state index in [1.165, 1.54) is 24.1 Å². The maximum absolute atomic E-state index is 13.4. The SMILES string of the molecule is COc1cc(N2CCN(CC(=O)[C@@H]3CCCC[C@H]3C(=O)NC3(C#N)CC3)[C@H](C)C2)ccc1C1CC1. The molecule has 3 atom stereocenters. The zero-order valence-corrected chi connectivity index (χ0v) is 21.1. The Morgan fingerprint density at radius 1 is 1.14 bits per heavy atom. The Bertz CT molecular complexity index is 1010. The number of ether oxygens (including phenoxy) is 1. The van der Waals surface area contributed by atoms with Gasteiger partial charge in [-0.25, -0.2) is 0 Å². The van der Waals surface area contributed by atoms with Crippen LogP contribution in [0.5, 0.6) is 5.75 Å². The molecular formula is C28H38N4O3. The average molecular weight is 479 g/mol. The summed E-state index contributed by atoms with van der Waals surface area (Å²) in [6.45, 7) is 5.13. The van der Waals surface area contributed by atoms with E-state index >= 15 is 0 Å². The molecule has 35 heavy (non-hydrogen) atoms. The van der Waals surface area contributed by atoms with Gasteiger partial charge in [0, 0.05) is 49.3 Å². The second-order valence-corrected chi connectivity index (χ2v) is 11.1. The molecule has 1 N–H and O–H groups in total. The van der Waals surface area contributed by atoms with Gasteiger partial charge in [0.15, 0.2) is 5.78 Å². The summed E-state index contributed by atoms with van der Waals surface area (Å²) >= 11 is 0. The number of Topliss-reactive ketones (excluding diaryl/α,β-unsaturated/α-hetero) is 1. The first kappa shape index (κ1) is 24.1. The molecule has 0 spiro atoms. The molecule has 7 heteroatoms. The van der Waals surface area contributed by atoms with Crippen molar-refractivity contribution in [1.29, 1.82) is 5.26 Å². The molecule has 0 radical (unpaired) electrons. The molecule has 1 saturated heterocycles. The van der Waals surface area contributed by atoms with Gasteiger partial charge in [0.1, 0.15) is 11.3 Å². The van der Waals surface area contributed by atoms with E-state index in [4.69, 9.17) is 4.74 Å². The van der Waals surface area contributed by atoms with Crippen LogP contribution in [0, 0.1) is 23.2 Å². The highest BCUT2D eigenvalue weighted by Crippen LogP contribution is 2.45. The van der Waals surface area contributed by atoms with Gasteiger partial charge in [-0.2, -0.15) is 5.26 Å². The van der Waals surface area contributed by atoms with Crippen LogP contribution in [0.1, 0.15) is 69.8 Å². The number of carbonyl (C=O) groups is 2. The standard InChI is InChI=1S/C28H38N4O3/c1-19-16-32(21-9-10-22(20-7-8-20)26(15-21)35-2)14-13-31(19)17-25(33)23-5-3-4-6-24(23)27(34)30-28(18-29)11-12-28/h9-10,15,19-20,23-24H,3-8,11-14,16-17H2,1-2H3,(H,30,34)/t19-,23-,24-/m1/s1. The van der Waals surface area contributed by atoms with Gasteiger partial charge in [-0.15, -0.1) is 0 Å². The predicted molar refractivity (Wildman–Crippen MR) is 134 cm³/mol. The lowest BCUT2D eigenvalue weighted by atomic mass is 9.76. The second-order valence-electron chi connectivity index (χ2n) is 11.1. The Morgan fingerprint density at radius 2 is 1.89 bits per heavy atom. The third-order valence-corrected chi connectivity index (χ3v) is 8.57. The fourth-order valence-electron chi connectivity index (χ4n) is 5.96. The lowest BCUT2D eigenvalue weighted by molar-refractivity contribution is -0.136. The lowest BCUT2D eigenvalue weighted by Gasteiger charge is -2.41. The topological polar surface area (TPSA) is 85.7 Å². The number of piperazine rings is 1. The minimum Gasteiger partial charge on any atom is -0.496 e. The number of nitrogens with zero attached hydrogens (tertiary/aromatic N) is 3. The minimum atomic E-state index is -0.674. The van der Waals surface area contributed by atoms with Crippen molar-refractivity contribution in [3.8, 4) is 11.8 Å². The summed E-state index contributed by atoms with van der Waals surface area (Å²) in [4.78, 5) is 31.0. The summed E-state index contributed by atoms with van der Waals surface area (Å²) < 4.78 is 5.68. The molecule has 0 unspecified atom stereocenters. The summed E-state index contributed by atoms with van der Waals surface area (Å²) in [5.41, 5.74) is 1.83. The molecule has 3 saturated carbocycles. The zero-order chi connectivity index (χ0) is 24.6. The van der Waals surface area contributed by atoms with Crippen LogP contribution in [-0.2, 0) is 9.59 Å². The van der Waals surface area contributed by atoms with Gasteiger partial charge in [-0.3, -0.25) is 14.5 Å². The van der Waals surface area contributed by atoms with Crippen molar-refractivity contribution in [1.82, 2.24) is 10.2 Å². The number of ketones is 1. The first-order valence-electron chi connectivity index (χ1n) is 13.4. The third-order valence-electron chi connectivity index (χ3n) is 8.57.